The molecule has 3 atom stereocenters. The van der Waals surface area contributed by atoms with Crippen molar-refractivity contribution in [3.8, 4) is 11.1 Å². The Kier molecular flexibility index (Phi) is 4.12. The maximum absolute atomic E-state index is 13.1. The van der Waals surface area contributed by atoms with Gasteiger partial charge in [-0.05, 0) is 42.0 Å². The molecule has 6 rings (SSSR count). The summed E-state index contributed by atoms with van der Waals surface area (Å²) >= 11 is 0. The summed E-state index contributed by atoms with van der Waals surface area (Å²) in [7, 11) is 0. The number of likely N-dealkylation sites (tertiary alicyclic amines) is 1. The summed E-state index contributed by atoms with van der Waals surface area (Å²) in [5, 5.41) is 6.53. The second kappa shape index (κ2) is 6.82. The number of hydrogen-bond donors (Lipinski definition) is 1. The Bertz CT molecular complexity index is 1170. The maximum Gasteiger partial charge on any atom is 0.504 e. The van der Waals surface area contributed by atoms with Gasteiger partial charge in [0.05, 0.1) is 30.5 Å². The zero-order valence-corrected chi connectivity index (χ0v) is 17.0. The molecule has 9 heteroatoms. The number of nitrogens with one attached hydrogen (secondary N) is 1. The molecule has 1 saturated carbocycles. The summed E-state index contributed by atoms with van der Waals surface area (Å²) in [5.74, 6) is 0.534. The van der Waals surface area contributed by atoms with Crippen LogP contribution in [0.5, 0.6) is 0 Å². The second-order valence-electron chi connectivity index (χ2n) is 8.70. The van der Waals surface area contributed by atoms with Crippen LogP contribution in [0.4, 0.5) is 13.2 Å². The number of nitrogens with zero attached hydrogens (tertiary/aromatic N) is 4. The van der Waals surface area contributed by atoms with Gasteiger partial charge in [0.25, 0.3) is 0 Å². The van der Waals surface area contributed by atoms with E-state index in [1.54, 1.807) is 18.5 Å². The Morgan fingerprint density at radius 2 is 1.84 bits per heavy atom. The molecule has 3 heterocycles. The van der Waals surface area contributed by atoms with E-state index in [1.807, 2.05) is 29.2 Å². The molecule has 2 aliphatic heterocycles. The molecule has 6 nitrogen and oxygen atoms in total. The normalized spacial score (nSPS) is 26.9. The van der Waals surface area contributed by atoms with Gasteiger partial charge in [0.15, 0.2) is 0 Å². The van der Waals surface area contributed by atoms with E-state index in [4.69, 9.17) is 0 Å². The first-order valence-electron chi connectivity index (χ1n) is 10.6. The van der Waals surface area contributed by atoms with E-state index in [0.29, 0.717) is 23.5 Å². The maximum atomic E-state index is 13.1. The summed E-state index contributed by atoms with van der Waals surface area (Å²) in [4.78, 5) is 19.4. The highest BCUT2D eigenvalue weighted by molar-refractivity contribution is 5.89. The van der Waals surface area contributed by atoms with Gasteiger partial charge in [0.2, 0.25) is 5.91 Å². The van der Waals surface area contributed by atoms with Crippen molar-refractivity contribution in [3.05, 3.63) is 65.8 Å². The molecule has 2 fully saturated rings. The lowest BCUT2D eigenvalue weighted by Crippen LogP contribution is -2.55. The predicted octanol–water partition coefficient (Wildman–Crippen LogP) is 4.11. The second-order valence-corrected chi connectivity index (χ2v) is 8.70. The molecule has 2 aliphatic carbocycles. The van der Waals surface area contributed by atoms with E-state index >= 15 is 0 Å². The Hall–Kier alpha value is -3.36. The van der Waals surface area contributed by atoms with Crippen LogP contribution in [0.3, 0.4) is 0 Å². The van der Waals surface area contributed by atoms with Crippen molar-refractivity contribution in [1.82, 2.24) is 20.0 Å². The highest BCUT2D eigenvalue weighted by atomic mass is 19.4. The van der Waals surface area contributed by atoms with Crippen LogP contribution in [-0.2, 0) is 11.1 Å². The number of β-lactam (4-membered cyclic amide) rings is 1. The molecule has 164 valence electrons. The van der Waals surface area contributed by atoms with Crippen molar-refractivity contribution in [1.29, 1.82) is 0 Å². The summed E-state index contributed by atoms with van der Waals surface area (Å²) in [5.41, 5.74) is 4.05. The molecule has 2 unspecified atom stereocenters. The number of fused-ring (bicyclic) bond motifs is 1. The number of carbonyl (C=O) groups is 1. The van der Waals surface area contributed by atoms with Crippen molar-refractivity contribution in [2.45, 2.75) is 37.6 Å². The number of aromatic nitrogens is 2. The Labute approximate surface area is 182 Å². The number of aliphatic imine (C=N–C) groups is 1. The van der Waals surface area contributed by atoms with Crippen LogP contribution in [0, 0.1) is 11.8 Å². The van der Waals surface area contributed by atoms with Crippen molar-refractivity contribution in [3.63, 3.8) is 0 Å². The van der Waals surface area contributed by atoms with Gasteiger partial charge in [-0.3, -0.25) is 9.79 Å². The van der Waals surface area contributed by atoms with Gasteiger partial charge in [0, 0.05) is 29.6 Å². The molecule has 32 heavy (non-hydrogen) atoms. The van der Waals surface area contributed by atoms with Crippen molar-refractivity contribution in [2.75, 3.05) is 0 Å². The molecule has 0 spiro atoms. The predicted molar refractivity (Wildman–Crippen MR) is 111 cm³/mol. The third-order valence-corrected chi connectivity index (χ3v) is 6.71. The first kappa shape index (κ1) is 19.3. The van der Waals surface area contributed by atoms with Crippen LogP contribution in [0.2, 0.25) is 0 Å². The Balaban J connectivity index is 1.29. The van der Waals surface area contributed by atoms with Crippen LogP contribution >= 0.6 is 0 Å². The topological polar surface area (TPSA) is 62.5 Å². The number of carbonyl (C=O) groups excluding carboxylic acids is 1. The van der Waals surface area contributed by atoms with Crippen LogP contribution < -0.4 is 5.32 Å². The van der Waals surface area contributed by atoms with E-state index in [1.165, 1.54) is 6.20 Å². The number of halogens is 3. The minimum absolute atomic E-state index is 0.00336. The lowest BCUT2D eigenvalue weighted by atomic mass is 9.77. The molecule has 1 amide bonds. The highest BCUT2D eigenvalue weighted by Gasteiger charge is 2.55. The molecular weight excluding hydrogens is 419 g/mol. The lowest BCUT2D eigenvalue weighted by Gasteiger charge is -2.49. The van der Waals surface area contributed by atoms with Gasteiger partial charge in [-0.2, -0.15) is 9.78 Å². The molecule has 2 aromatic rings. The quantitative estimate of drug-likeness (QED) is 0.730. The van der Waals surface area contributed by atoms with E-state index in [0.717, 1.165) is 36.0 Å². The third kappa shape index (κ3) is 3.06. The van der Waals surface area contributed by atoms with E-state index in [2.05, 4.69) is 15.4 Å². The monoisotopic (exact) mass is 439 g/mol. The molecule has 4 aliphatic rings. The van der Waals surface area contributed by atoms with Gasteiger partial charge in [-0.1, -0.05) is 24.3 Å². The van der Waals surface area contributed by atoms with E-state index in [-0.39, 0.29) is 28.6 Å². The van der Waals surface area contributed by atoms with Crippen molar-refractivity contribution < 1.29 is 18.0 Å². The smallest absolute Gasteiger partial charge is 0.348 e. The number of benzene rings is 1. The SMILES string of the molecule is O=C1C(C2CC2)[C@H](c2ccc(-c3cnn(C(F)(F)F)c3)cc2)N1C1=CC=C2NC=NC2C1. The number of hydrogen-bond acceptors (Lipinski definition) is 4. The minimum Gasteiger partial charge on any atom is -0.348 e. The van der Waals surface area contributed by atoms with Crippen LogP contribution in [0.1, 0.15) is 30.9 Å². The van der Waals surface area contributed by atoms with Gasteiger partial charge in [-0.15, -0.1) is 13.2 Å². The summed E-state index contributed by atoms with van der Waals surface area (Å²) < 4.78 is 38.5. The van der Waals surface area contributed by atoms with Gasteiger partial charge >= 0.3 is 6.30 Å². The fourth-order valence-electron chi connectivity index (χ4n) is 4.92. The number of rotatable bonds is 4. The average Bonchev–Trinajstić information content (AvgIpc) is 3.26. The van der Waals surface area contributed by atoms with E-state index in [9.17, 15) is 18.0 Å². The molecular formula is C23H20F3N5O. The summed E-state index contributed by atoms with van der Waals surface area (Å²) in [6.07, 6.45) is 6.11. The van der Waals surface area contributed by atoms with E-state index < -0.39 is 6.30 Å². The molecule has 1 N–H and O–H groups in total. The molecule has 0 radical (unpaired) electrons. The Morgan fingerprint density at radius 1 is 1.06 bits per heavy atom. The summed E-state index contributed by atoms with van der Waals surface area (Å²) in [6.45, 7) is 0. The van der Waals surface area contributed by atoms with Gasteiger partial charge < -0.3 is 10.2 Å². The highest BCUT2D eigenvalue weighted by Crippen LogP contribution is 2.54. The largest absolute Gasteiger partial charge is 0.504 e. The number of amides is 1. The summed E-state index contributed by atoms with van der Waals surface area (Å²) in [6, 6.07) is 7.41. The van der Waals surface area contributed by atoms with Crippen LogP contribution in [0.25, 0.3) is 11.1 Å². The van der Waals surface area contributed by atoms with Crippen molar-refractivity contribution in [2.24, 2.45) is 16.8 Å². The number of allylic oxidation sites excluding steroid dienone is 2. The van der Waals surface area contributed by atoms with Crippen LogP contribution in [-0.4, -0.2) is 33.0 Å². The zero-order chi connectivity index (χ0) is 22.0. The first-order valence-corrected chi connectivity index (χ1v) is 10.6. The average molecular weight is 439 g/mol. The van der Waals surface area contributed by atoms with Gasteiger partial charge in [-0.25, -0.2) is 0 Å². The first-order chi connectivity index (χ1) is 15.4. The number of alkyl halides is 3. The minimum atomic E-state index is -4.54. The third-order valence-electron chi connectivity index (χ3n) is 6.71. The Morgan fingerprint density at radius 3 is 2.53 bits per heavy atom. The fraction of sp³-hybridized carbons (Fsp3) is 0.348. The molecule has 0 bridgehead atoms. The fourth-order valence-corrected chi connectivity index (χ4v) is 4.92. The molecule has 1 aromatic heterocycles. The lowest BCUT2D eigenvalue weighted by molar-refractivity contribution is -0.212. The van der Waals surface area contributed by atoms with Crippen LogP contribution in [0.15, 0.2) is 65.2 Å². The van der Waals surface area contributed by atoms with Crippen molar-refractivity contribution >= 4 is 12.2 Å². The zero-order valence-electron chi connectivity index (χ0n) is 17.0. The van der Waals surface area contributed by atoms with Gasteiger partial charge in [0.1, 0.15) is 0 Å². The molecule has 1 saturated heterocycles. The molecule has 1 aromatic carbocycles. The standard InChI is InChI=1S/C23H20F3N5O/c24-23(25,26)30-11-16(10-29-30)13-1-5-15(6-2-13)21-20(14-3-4-14)22(32)31(21)17-7-8-18-19(9-17)28-12-27-18/h1-2,5-8,10-12,14,19-21H,3-4,9H2,(H,27,28)/t19?,20?,21-/m0/s1.